The van der Waals surface area contributed by atoms with Gasteiger partial charge < -0.3 is 5.11 Å². The molecule has 2 N–H and O–H groups in total. The predicted molar refractivity (Wildman–Crippen MR) is 64.3 cm³/mol. The summed E-state index contributed by atoms with van der Waals surface area (Å²) in [6, 6.07) is 6.28. The van der Waals surface area contributed by atoms with Crippen LogP contribution in [-0.2, 0) is 19.6 Å². The van der Waals surface area contributed by atoms with E-state index >= 15 is 0 Å². The van der Waals surface area contributed by atoms with E-state index in [9.17, 15) is 18.0 Å². The summed E-state index contributed by atoms with van der Waals surface area (Å²) in [6.45, 7) is 0. The van der Waals surface area contributed by atoms with E-state index in [-0.39, 0.29) is 17.7 Å². The van der Waals surface area contributed by atoms with E-state index in [1.807, 2.05) is 4.83 Å². The Bertz CT molecular complexity index is 599. The third-order valence-corrected chi connectivity index (χ3v) is 4.10. The number of nitrogens with zero attached hydrogens (tertiary/aromatic N) is 1. The summed E-state index contributed by atoms with van der Waals surface area (Å²) in [5.74, 6) is -1.78. The number of carbonyl (C=O) groups excluding carboxylic acids is 1. The topological polar surface area (TPSA) is 104 Å². The number of carboxylic acid groups (broad SMARTS) is 1. The van der Waals surface area contributed by atoms with Crippen LogP contribution < -0.4 is 4.83 Å². The maximum Gasteiger partial charge on any atom is 0.328 e. The normalized spacial score (nSPS) is 19.7. The Hall–Kier alpha value is -1.93. The van der Waals surface area contributed by atoms with Gasteiger partial charge in [0.05, 0.1) is 4.90 Å². The van der Waals surface area contributed by atoms with Crippen LogP contribution in [0.2, 0.25) is 0 Å². The van der Waals surface area contributed by atoms with E-state index in [1.165, 1.54) is 24.3 Å². The van der Waals surface area contributed by atoms with Gasteiger partial charge in [-0.05, 0) is 18.6 Å². The lowest BCUT2D eigenvalue weighted by Gasteiger charge is -2.21. The predicted octanol–water partition coefficient (Wildman–Crippen LogP) is -0.0445. The molecule has 1 heterocycles. The van der Waals surface area contributed by atoms with Crippen molar-refractivity contribution in [1.82, 2.24) is 9.84 Å². The molecular weight excluding hydrogens is 272 g/mol. The van der Waals surface area contributed by atoms with Gasteiger partial charge in [0, 0.05) is 6.42 Å². The van der Waals surface area contributed by atoms with Crippen molar-refractivity contribution in [3.8, 4) is 0 Å². The zero-order valence-corrected chi connectivity index (χ0v) is 10.6. The average molecular weight is 284 g/mol. The molecule has 2 rings (SSSR count). The Morgan fingerprint density at radius 3 is 2.53 bits per heavy atom. The first-order chi connectivity index (χ1) is 8.92. The first-order valence-electron chi connectivity index (χ1n) is 5.54. The van der Waals surface area contributed by atoms with Crippen molar-refractivity contribution in [2.75, 3.05) is 0 Å². The molecule has 0 aromatic heterocycles. The molecule has 1 aliphatic rings. The van der Waals surface area contributed by atoms with Gasteiger partial charge in [-0.15, -0.1) is 4.83 Å². The minimum atomic E-state index is -3.95. The van der Waals surface area contributed by atoms with E-state index in [0.29, 0.717) is 5.01 Å². The molecule has 0 bridgehead atoms. The second-order valence-electron chi connectivity index (χ2n) is 4.06. The maximum absolute atomic E-state index is 12.0. The minimum Gasteiger partial charge on any atom is -0.480 e. The molecule has 1 unspecified atom stereocenters. The largest absolute Gasteiger partial charge is 0.480 e. The molecule has 8 heteroatoms. The maximum atomic E-state index is 12.0. The highest BCUT2D eigenvalue weighted by molar-refractivity contribution is 7.89. The number of aliphatic carboxylic acids is 1. The molecule has 19 heavy (non-hydrogen) atoms. The highest BCUT2D eigenvalue weighted by Crippen LogP contribution is 2.18. The second kappa shape index (κ2) is 4.98. The summed E-state index contributed by atoms with van der Waals surface area (Å²) in [6.07, 6.45) is 0.0970. The summed E-state index contributed by atoms with van der Waals surface area (Å²) in [5, 5.41) is 9.61. The summed E-state index contributed by atoms with van der Waals surface area (Å²) >= 11 is 0. The number of carboxylic acids is 1. The quantitative estimate of drug-likeness (QED) is 0.807. The highest BCUT2D eigenvalue weighted by atomic mass is 32.2. The molecular formula is C11H12N2O5S. The van der Waals surface area contributed by atoms with Crippen LogP contribution in [0.15, 0.2) is 35.2 Å². The van der Waals surface area contributed by atoms with Crippen LogP contribution in [0.3, 0.4) is 0 Å². The van der Waals surface area contributed by atoms with Gasteiger partial charge in [0.25, 0.3) is 10.0 Å². The van der Waals surface area contributed by atoms with Gasteiger partial charge >= 0.3 is 5.97 Å². The molecule has 1 amide bonds. The average Bonchev–Trinajstić information content (AvgIpc) is 2.72. The number of rotatable bonds is 4. The van der Waals surface area contributed by atoms with Gasteiger partial charge in [0.1, 0.15) is 6.04 Å². The molecule has 1 fully saturated rings. The third kappa shape index (κ3) is 2.74. The van der Waals surface area contributed by atoms with E-state index in [1.54, 1.807) is 6.07 Å². The van der Waals surface area contributed by atoms with Crippen molar-refractivity contribution >= 4 is 21.9 Å². The molecule has 0 spiro atoms. The van der Waals surface area contributed by atoms with Crippen molar-refractivity contribution < 1.29 is 23.1 Å². The Morgan fingerprint density at radius 1 is 1.32 bits per heavy atom. The van der Waals surface area contributed by atoms with E-state index in [2.05, 4.69) is 0 Å². The summed E-state index contributed by atoms with van der Waals surface area (Å²) < 4.78 is 24.0. The van der Waals surface area contributed by atoms with Crippen LogP contribution in [-0.4, -0.2) is 36.5 Å². The summed E-state index contributed by atoms with van der Waals surface area (Å²) in [4.78, 5) is 24.5. The van der Waals surface area contributed by atoms with Crippen LogP contribution >= 0.6 is 0 Å². The smallest absolute Gasteiger partial charge is 0.328 e. The lowest BCUT2D eigenvalue weighted by Crippen LogP contribution is -2.50. The van der Waals surface area contributed by atoms with E-state index in [0.717, 1.165) is 0 Å². The SMILES string of the molecule is O=C(O)C1CCC(=O)N1NS(=O)(=O)c1ccccc1. The third-order valence-electron chi connectivity index (χ3n) is 2.77. The van der Waals surface area contributed by atoms with Gasteiger partial charge in [-0.3, -0.25) is 4.79 Å². The number of sulfonamides is 1. The van der Waals surface area contributed by atoms with Crippen LogP contribution in [0.25, 0.3) is 0 Å². The number of hydrogen-bond acceptors (Lipinski definition) is 4. The molecule has 0 saturated carbocycles. The fraction of sp³-hybridized carbons (Fsp3) is 0.273. The number of hydrogen-bond donors (Lipinski definition) is 2. The number of hydrazine groups is 1. The Kier molecular flexibility index (Phi) is 3.54. The molecule has 7 nitrogen and oxygen atoms in total. The first kappa shape index (κ1) is 13.5. The zero-order chi connectivity index (χ0) is 14.0. The summed E-state index contributed by atoms with van der Waals surface area (Å²) in [7, 11) is -3.95. The lowest BCUT2D eigenvalue weighted by molar-refractivity contribution is -0.147. The van der Waals surface area contributed by atoms with Crippen molar-refractivity contribution in [2.45, 2.75) is 23.8 Å². The molecule has 1 aromatic carbocycles. The Labute approximate surface area is 109 Å². The fourth-order valence-electron chi connectivity index (χ4n) is 1.81. The summed E-state index contributed by atoms with van der Waals surface area (Å²) in [5.41, 5.74) is 0. The Balaban J connectivity index is 2.25. The molecule has 102 valence electrons. The van der Waals surface area contributed by atoms with Gasteiger partial charge in [-0.25, -0.2) is 18.2 Å². The van der Waals surface area contributed by atoms with Crippen LogP contribution in [0.5, 0.6) is 0 Å². The second-order valence-corrected chi connectivity index (χ2v) is 5.73. The number of benzene rings is 1. The molecule has 0 radical (unpaired) electrons. The van der Waals surface area contributed by atoms with Crippen LogP contribution in [0.1, 0.15) is 12.8 Å². The van der Waals surface area contributed by atoms with Crippen LogP contribution in [0.4, 0.5) is 0 Å². The Morgan fingerprint density at radius 2 is 1.95 bits per heavy atom. The highest BCUT2D eigenvalue weighted by Gasteiger charge is 2.38. The zero-order valence-electron chi connectivity index (χ0n) is 9.81. The van der Waals surface area contributed by atoms with Crippen molar-refractivity contribution in [3.63, 3.8) is 0 Å². The standard InChI is InChI=1S/C11H12N2O5S/c14-10-7-6-9(11(15)16)13(10)12-19(17,18)8-4-2-1-3-5-8/h1-5,9,12H,6-7H2,(H,15,16). The van der Waals surface area contributed by atoms with Crippen LogP contribution in [0, 0.1) is 0 Å². The molecule has 1 aromatic rings. The van der Waals surface area contributed by atoms with Gasteiger partial charge in [-0.2, -0.15) is 0 Å². The van der Waals surface area contributed by atoms with E-state index < -0.39 is 27.9 Å². The van der Waals surface area contributed by atoms with Gasteiger partial charge in [0.2, 0.25) is 5.91 Å². The molecule has 1 aliphatic heterocycles. The fourth-order valence-corrected chi connectivity index (χ4v) is 2.92. The number of carbonyl (C=O) groups is 2. The van der Waals surface area contributed by atoms with Gasteiger partial charge in [-0.1, -0.05) is 18.2 Å². The van der Waals surface area contributed by atoms with E-state index in [4.69, 9.17) is 5.11 Å². The minimum absolute atomic E-state index is 0.00821. The van der Waals surface area contributed by atoms with Gasteiger partial charge in [0.15, 0.2) is 0 Å². The van der Waals surface area contributed by atoms with Crippen molar-refractivity contribution in [3.05, 3.63) is 30.3 Å². The molecule has 1 atom stereocenters. The lowest BCUT2D eigenvalue weighted by atomic mass is 10.2. The number of nitrogens with one attached hydrogen (secondary N) is 1. The number of amides is 1. The molecule has 1 saturated heterocycles. The molecule has 0 aliphatic carbocycles. The first-order valence-corrected chi connectivity index (χ1v) is 7.02. The van der Waals surface area contributed by atoms with Crippen molar-refractivity contribution in [2.24, 2.45) is 0 Å². The monoisotopic (exact) mass is 284 g/mol. The van der Waals surface area contributed by atoms with Crippen molar-refractivity contribution in [1.29, 1.82) is 0 Å².